The van der Waals surface area contributed by atoms with Crippen LogP contribution in [0, 0.1) is 11.3 Å². The summed E-state index contributed by atoms with van der Waals surface area (Å²) in [4.78, 5) is 0. The Hall–Kier alpha value is -2.31. The maximum absolute atomic E-state index is 9.17. The van der Waals surface area contributed by atoms with E-state index in [0.717, 1.165) is 26.6 Å². The topological polar surface area (TPSA) is 33.0 Å². The highest BCUT2D eigenvalue weighted by molar-refractivity contribution is 9.10. The zero-order valence-electron chi connectivity index (χ0n) is 11.2. The van der Waals surface area contributed by atoms with Gasteiger partial charge in [0.05, 0.1) is 11.6 Å². The first-order chi connectivity index (χ1) is 10.3. The minimum Gasteiger partial charge on any atom is -0.488 e. The quantitative estimate of drug-likeness (QED) is 0.669. The third-order valence-electron chi connectivity index (χ3n) is 3.31. The molecule has 21 heavy (non-hydrogen) atoms. The summed E-state index contributed by atoms with van der Waals surface area (Å²) in [5.41, 5.74) is 1.77. The highest BCUT2D eigenvalue weighted by atomic mass is 79.9. The Kier molecular flexibility index (Phi) is 3.89. The molecule has 0 saturated heterocycles. The summed E-state index contributed by atoms with van der Waals surface area (Å²) in [7, 11) is 0. The molecule has 2 nitrogen and oxygen atoms in total. The summed E-state index contributed by atoms with van der Waals surface area (Å²) >= 11 is 3.42. The van der Waals surface area contributed by atoms with Gasteiger partial charge in [0.15, 0.2) is 0 Å². The van der Waals surface area contributed by atoms with Crippen molar-refractivity contribution < 1.29 is 4.74 Å². The first kappa shape index (κ1) is 13.7. The second-order valence-corrected chi connectivity index (χ2v) is 5.60. The van der Waals surface area contributed by atoms with Crippen molar-refractivity contribution in [3.05, 3.63) is 76.3 Å². The van der Waals surface area contributed by atoms with Gasteiger partial charge >= 0.3 is 0 Å². The van der Waals surface area contributed by atoms with E-state index >= 15 is 0 Å². The molecule has 0 amide bonds. The Morgan fingerprint density at radius 3 is 2.33 bits per heavy atom. The predicted octanol–water partition coefficient (Wildman–Crippen LogP) is 5.05. The fraction of sp³-hybridized carbons (Fsp3) is 0.0556. The van der Waals surface area contributed by atoms with Crippen molar-refractivity contribution in [2.24, 2.45) is 0 Å². The van der Waals surface area contributed by atoms with E-state index in [0.29, 0.717) is 12.2 Å². The van der Waals surface area contributed by atoms with Gasteiger partial charge < -0.3 is 4.74 Å². The Morgan fingerprint density at radius 1 is 0.905 bits per heavy atom. The molecule has 0 atom stereocenters. The van der Waals surface area contributed by atoms with Crippen LogP contribution in [0.2, 0.25) is 0 Å². The van der Waals surface area contributed by atoms with E-state index in [1.807, 2.05) is 54.6 Å². The van der Waals surface area contributed by atoms with E-state index in [4.69, 9.17) is 10.00 Å². The van der Waals surface area contributed by atoms with Crippen LogP contribution in [0.5, 0.6) is 5.75 Å². The van der Waals surface area contributed by atoms with Crippen molar-refractivity contribution in [3.63, 3.8) is 0 Å². The largest absolute Gasteiger partial charge is 0.488 e. The minimum absolute atomic E-state index is 0.503. The van der Waals surface area contributed by atoms with Crippen LogP contribution in [0.15, 0.2) is 65.1 Å². The Labute approximate surface area is 131 Å². The number of hydrogen-bond donors (Lipinski definition) is 0. The standard InChI is InChI=1S/C18H12BrNO/c19-15-8-5-13(6-9-15)12-21-18-10-7-14(11-20)16-3-1-2-4-17(16)18/h1-10H,12H2. The number of halogens is 1. The number of rotatable bonds is 3. The van der Waals surface area contributed by atoms with Gasteiger partial charge in [-0.3, -0.25) is 0 Å². The van der Waals surface area contributed by atoms with Gasteiger partial charge in [-0.15, -0.1) is 0 Å². The third kappa shape index (κ3) is 2.91. The number of benzene rings is 3. The van der Waals surface area contributed by atoms with Crippen LogP contribution < -0.4 is 4.74 Å². The van der Waals surface area contributed by atoms with E-state index in [2.05, 4.69) is 22.0 Å². The second-order valence-electron chi connectivity index (χ2n) is 4.68. The molecular weight excluding hydrogens is 326 g/mol. The van der Waals surface area contributed by atoms with Gasteiger partial charge in [-0.2, -0.15) is 5.26 Å². The Bertz CT molecular complexity index is 819. The van der Waals surface area contributed by atoms with Gasteiger partial charge in [-0.1, -0.05) is 52.3 Å². The number of hydrogen-bond acceptors (Lipinski definition) is 2. The maximum atomic E-state index is 9.17. The monoisotopic (exact) mass is 337 g/mol. The molecule has 102 valence electrons. The van der Waals surface area contributed by atoms with Crippen LogP contribution in [-0.4, -0.2) is 0 Å². The number of fused-ring (bicyclic) bond motifs is 1. The van der Waals surface area contributed by atoms with Crippen molar-refractivity contribution in [2.75, 3.05) is 0 Å². The summed E-state index contributed by atoms with van der Waals surface area (Å²) in [6.07, 6.45) is 0. The van der Waals surface area contributed by atoms with E-state index < -0.39 is 0 Å². The molecule has 0 aliphatic heterocycles. The first-order valence-electron chi connectivity index (χ1n) is 6.57. The van der Waals surface area contributed by atoms with Crippen LogP contribution in [0.4, 0.5) is 0 Å². The Morgan fingerprint density at radius 2 is 1.62 bits per heavy atom. The fourth-order valence-electron chi connectivity index (χ4n) is 2.24. The van der Waals surface area contributed by atoms with Crippen molar-refractivity contribution in [3.8, 4) is 11.8 Å². The van der Waals surface area contributed by atoms with E-state index in [-0.39, 0.29) is 0 Å². The SMILES string of the molecule is N#Cc1ccc(OCc2ccc(Br)cc2)c2ccccc12. The fourth-order valence-corrected chi connectivity index (χ4v) is 2.50. The molecule has 0 N–H and O–H groups in total. The van der Waals surface area contributed by atoms with E-state index in [1.54, 1.807) is 6.07 Å². The van der Waals surface area contributed by atoms with Gasteiger partial charge in [0.1, 0.15) is 12.4 Å². The summed E-state index contributed by atoms with van der Waals surface area (Å²) in [6.45, 7) is 0.503. The molecule has 3 aromatic rings. The lowest BCUT2D eigenvalue weighted by Crippen LogP contribution is -1.96. The molecule has 0 radical (unpaired) electrons. The smallest absolute Gasteiger partial charge is 0.127 e. The van der Waals surface area contributed by atoms with Crippen LogP contribution >= 0.6 is 15.9 Å². The number of nitrogens with zero attached hydrogens (tertiary/aromatic N) is 1. The predicted molar refractivity (Wildman–Crippen MR) is 87.1 cm³/mol. The summed E-state index contributed by atoms with van der Waals surface area (Å²) in [5, 5.41) is 11.1. The highest BCUT2D eigenvalue weighted by Gasteiger charge is 2.06. The summed E-state index contributed by atoms with van der Waals surface area (Å²) < 4.78 is 6.97. The molecule has 0 aliphatic rings. The molecule has 0 aromatic heterocycles. The van der Waals surface area contributed by atoms with Crippen LogP contribution in [0.3, 0.4) is 0 Å². The van der Waals surface area contributed by atoms with Crippen molar-refractivity contribution in [1.29, 1.82) is 5.26 Å². The molecule has 3 rings (SSSR count). The molecule has 0 bridgehead atoms. The summed E-state index contributed by atoms with van der Waals surface area (Å²) in [5.74, 6) is 0.799. The van der Waals surface area contributed by atoms with Crippen molar-refractivity contribution in [2.45, 2.75) is 6.61 Å². The molecule has 0 saturated carbocycles. The van der Waals surface area contributed by atoms with Gasteiger partial charge in [-0.25, -0.2) is 0 Å². The third-order valence-corrected chi connectivity index (χ3v) is 3.84. The molecule has 0 aliphatic carbocycles. The highest BCUT2D eigenvalue weighted by Crippen LogP contribution is 2.28. The van der Waals surface area contributed by atoms with Crippen LogP contribution in [-0.2, 0) is 6.61 Å². The van der Waals surface area contributed by atoms with Gasteiger partial charge in [0.2, 0.25) is 0 Å². The molecule has 3 heteroatoms. The normalized spacial score (nSPS) is 10.3. The van der Waals surface area contributed by atoms with Gasteiger partial charge in [0, 0.05) is 15.2 Å². The lowest BCUT2D eigenvalue weighted by atomic mass is 10.0. The summed E-state index contributed by atoms with van der Waals surface area (Å²) in [6, 6.07) is 21.7. The average Bonchev–Trinajstić information content (AvgIpc) is 2.54. The molecule has 0 spiro atoms. The number of ether oxygens (including phenoxy) is 1. The average molecular weight is 338 g/mol. The molecule has 3 aromatic carbocycles. The molecule has 0 heterocycles. The van der Waals surface area contributed by atoms with Crippen molar-refractivity contribution >= 4 is 26.7 Å². The maximum Gasteiger partial charge on any atom is 0.127 e. The number of nitriles is 1. The first-order valence-corrected chi connectivity index (χ1v) is 7.36. The Balaban J connectivity index is 1.91. The van der Waals surface area contributed by atoms with Crippen LogP contribution in [0.25, 0.3) is 10.8 Å². The molecule has 0 unspecified atom stereocenters. The zero-order chi connectivity index (χ0) is 14.7. The molecular formula is C18H12BrNO. The lowest BCUT2D eigenvalue weighted by molar-refractivity contribution is 0.310. The van der Waals surface area contributed by atoms with Gasteiger partial charge in [0.25, 0.3) is 0 Å². The van der Waals surface area contributed by atoms with E-state index in [9.17, 15) is 0 Å². The lowest BCUT2D eigenvalue weighted by Gasteiger charge is -2.10. The second kappa shape index (κ2) is 5.99. The van der Waals surface area contributed by atoms with Crippen LogP contribution in [0.1, 0.15) is 11.1 Å². The molecule has 0 fully saturated rings. The zero-order valence-corrected chi connectivity index (χ0v) is 12.8. The van der Waals surface area contributed by atoms with E-state index in [1.165, 1.54) is 0 Å². The van der Waals surface area contributed by atoms with Gasteiger partial charge in [-0.05, 0) is 29.8 Å². The minimum atomic E-state index is 0.503. The van der Waals surface area contributed by atoms with Crippen molar-refractivity contribution in [1.82, 2.24) is 0 Å².